The highest BCUT2D eigenvalue weighted by Crippen LogP contribution is 2.25. The SMILES string of the molecule is CCOC(=O)CSc1nnc(NC(=O)[C@H](C)NS(=O)(=O)c2ccc(OC)cc2)s1. The van der Waals surface area contributed by atoms with E-state index in [1.54, 1.807) is 6.92 Å². The summed E-state index contributed by atoms with van der Waals surface area (Å²) in [7, 11) is -2.42. The van der Waals surface area contributed by atoms with E-state index >= 15 is 0 Å². The molecule has 29 heavy (non-hydrogen) atoms. The fourth-order valence-electron chi connectivity index (χ4n) is 1.96. The topological polar surface area (TPSA) is 137 Å². The van der Waals surface area contributed by atoms with Gasteiger partial charge in [0, 0.05) is 0 Å². The Morgan fingerprint density at radius 1 is 1.24 bits per heavy atom. The average molecular weight is 461 g/mol. The summed E-state index contributed by atoms with van der Waals surface area (Å²) >= 11 is 2.20. The van der Waals surface area contributed by atoms with Gasteiger partial charge in [0.2, 0.25) is 21.1 Å². The van der Waals surface area contributed by atoms with Crippen LogP contribution >= 0.6 is 23.1 Å². The molecule has 13 heteroatoms. The summed E-state index contributed by atoms with van der Waals surface area (Å²) in [5.74, 6) is -0.378. The summed E-state index contributed by atoms with van der Waals surface area (Å²) < 4.78 is 37.4. The second-order valence-corrected chi connectivity index (χ2v) is 9.39. The van der Waals surface area contributed by atoms with E-state index in [-0.39, 0.29) is 21.7 Å². The molecule has 0 aliphatic rings. The molecule has 0 saturated carbocycles. The average Bonchev–Trinajstić information content (AvgIpc) is 3.13. The predicted octanol–water partition coefficient (Wildman–Crippen LogP) is 1.51. The van der Waals surface area contributed by atoms with Crippen molar-refractivity contribution < 1.29 is 27.5 Å². The Morgan fingerprint density at radius 2 is 1.93 bits per heavy atom. The molecule has 1 heterocycles. The van der Waals surface area contributed by atoms with E-state index in [0.717, 1.165) is 23.1 Å². The quantitative estimate of drug-likeness (QED) is 0.307. The molecule has 1 amide bonds. The molecule has 1 atom stereocenters. The monoisotopic (exact) mass is 460 g/mol. The fraction of sp³-hybridized carbons (Fsp3) is 0.375. The van der Waals surface area contributed by atoms with Crippen LogP contribution in [-0.2, 0) is 24.3 Å². The second kappa shape index (κ2) is 10.5. The largest absolute Gasteiger partial charge is 0.497 e. The van der Waals surface area contributed by atoms with Crippen molar-refractivity contribution in [3.05, 3.63) is 24.3 Å². The van der Waals surface area contributed by atoms with Crippen molar-refractivity contribution in [1.82, 2.24) is 14.9 Å². The predicted molar refractivity (Wildman–Crippen MR) is 109 cm³/mol. The molecule has 2 N–H and O–H groups in total. The number of carbonyl (C=O) groups is 2. The molecule has 10 nitrogen and oxygen atoms in total. The van der Waals surface area contributed by atoms with Crippen molar-refractivity contribution in [3.63, 3.8) is 0 Å². The third-order valence-corrected chi connectivity index (χ3v) is 6.85. The van der Waals surface area contributed by atoms with E-state index in [0.29, 0.717) is 16.7 Å². The summed E-state index contributed by atoms with van der Waals surface area (Å²) in [6.45, 7) is 3.42. The van der Waals surface area contributed by atoms with Crippen molar-refractivity contribution in [2.75, 3.05) is 24.8 Å². The molecule has 2 aromatic rings. The number of carbonyl (C=O) groups excluding carboxylic acids is 2. The van der Waals surface area contributed by atoms with Crippen LogP contribution in [0.1, 0.15) is 13.8 Å². The smallest absolute Gasteiger partial charge is 0.316 e. The van der Waals surface area contributed by atoms with Crippen LogP contribution in [0.5, 0.6) is 5.75 Å². The van der Waals surface area contributed by atoms with E-state index in [1.165, 1.54) is 38.3 Å². The van der Waals surface area contributed by atoms with Crippen molar-refractivity contribution >= 4 is 50.1 Å². The minimum Gasteiger partial charge on any atom is -0.497 e. The van der Waals surface area contributed by atoms with Crippen LogP contribution in [0.25, 0.3) is 0 Å². The number of esters is 1. The highest BCUT2D eigenvalue weighted by molar-refractivity contribution is 8.01. The van der Waals surface area contributed by atoms with Crippen LogP contribution in [0.3, 0.4) is 0 Å². The van der Waals surface area contributed by atoms with E-state index in [4.69, 9.17) is 9.47 Å². The number of ether oxygens (including phenoxy) is 2. The highest BCUT2D eigenvalue weighted by Gasteiger charge is 2.23. The zero-order valence-electron chi connectivity index (χ0n) is 15.9. The Balaban J connectivity index is 1.92. The first-order valence-electron chi connectivity index (χ1n) is 8.34. The summed E-state index contributed by atoms with van der Waals surface area (Å²) in [6.07, 6.45) is 0. The highest BCUT2D eigenvalue weighted by atomic mass is 32.2. The normalized spacial score (nSPS) is 12.2. The summed E-state index contributed by atoms with van der Waals surface area (Å²) in [5, 5.41) is 10.4. The lowest BCUT2D eigenvalue weighted by molar-refractivity contribution is -0.139. The molecule has 158 valence electrons. The third-order valence-electron chi connectivity index (χ3n) is 3.35. The summed E-state index contributed by atoms with van der Waals surface area (Å²) in [4.78, 5) is 23.6. The molecular formula is C16H20N4O6S3. The van der Waals surface area contributed by atoms with Gasteiger partial charge in [0.1, 0.15) is 5.75 Å². The van der Waals surface area contributed by atoms with Crippen molar-refractivity contribution in [2.45, 2.75) is 29.1 Å². The van der Waals surface area contributed by atoms with Gasteiger partial charge in [0.05, 0.1) is 30.4 Å². The zero-order valence-corrected chi connectivity index (χ0v) is 18.3. The molecule has 0 aliphatic carbocycles. The molecule has 0 aliphatic heterocycles. The van der Waals surface area contributed by atoms with Crippen molar-refractivity contribution in [3.8, 4) is 5.75 Å². The lowest BCUT2D eigenvalue weighted by Crippen LogP contribution is -2.41. The number of rotatable bonds is 10. The lowest BCUT2D eigenvalue weighted by Gasteiger charge is -2.13. The molecule has 0 saturated heterocycles. The number of anilines is 1. The van der Waals surface area contributed by atoms with E-state index < -0.39 is 22.0 Å². The fourth-order valence-corrected chi connectivity index (χ4v) is 4.72. The number of hydrogen-bond donors (Lipinski definition) is 2. The standard InChI is InChI=1S/C16H20N4O6S3/c1-4-26-13(21)9-27-16-19-18-15(28-16)17-14(22)10(2)20-29(23,24)12-7-5-11(25-3)6-8-12/h5-8,10,20H,4,9H2,1-3H3,(H,17,18,22)/t10-/m0/s1. The van der Waals surface area contributed by atoms with Crippen molar-refractivity contribution in [2.24, 2.45) is 0 Å². The number of hydrogen-bond acceptors (Lipinski definition) is 10. The van der Waals surface area contributed by atoms with Crippen LogP contribution in [0.4, 0.5) is 5.13 Å². The molecule has 2 rings (SSSR count). The molecule has 0 radical (unpaired) electrons. The first-order chi connectivity index (χ1) is 13.7. The molecule has 0 unspecified atom stereocenters. The second-order valence-electron chi connectivity index (χ2n) is 5.47. The van der Waals surface area contributed by atoms with Gasteiger partial charge >= 0.3 is 5.97 Å². The van der Waals surface area contributed by atoms with E-state index in [1.807, 2.05) is 0 Å². The number of thioether (sulfide) groups is 1. The van der Waals surface area contributed by atoms with E-state index in [9.17, 15) is 18.0 Å². The number of aromatic nitrogens is 2. The van der Waals surface area contributed by atoms with Gasteiger partial charge in [-0.1, -0.05) is 23.1 Å². The Morgan fingerprint density at radius 3 is 2.55 bits per heavy atom. The van der Waals surface area contributed by atoms with Gasteiger partial charge in [0.25, 0.3) is 0 Å². The molecule has 0 bridgehead atoms. The van der Waals surface area contributed by atoms with Gasteiger partial charge in [0.15, 0.2) is 4.34 Å². The molecule has 1 aromatic heterocycles. The van der Waals surface area contributed by atoms with Crippen LogP contribution in [0, 0.1) is 0 Å². The maximum atomic E-state index is 12.4. The number of amides is 1. The number of methoxy groups -OCH3 is 1. The minimum absolute atomic E-state index is 0.00603. The Bertz CT molecular complexity index is 946. The van der Waals surface area contributed by atoms with Gasteiger partial charge in [-0.05, 0) is 38.1 Å². The van der Waals surface area contributed by atoms with Gasteiger partial charge in [-0.2, -0.15) is 4.72 Å². The maximum Gasteiger partial charge on any atom is 0.316 e. The van der Waals surface area contributed by atoms with Crippen molar-refractivity contribution in [1.29, 1.82) is 0 Å². The summed E-state index contributed by atoms with van der Waals surface area (Å²) in [5.41, 5.74) is 0. The molecular weight excluding hydrogens is 440 g/mol. The summed E-state index contributed by atoms with van der Waals surface area (Å²) in [6, 6.07) is 4.72. The first-order valence-corrected chi connectivity index (χ1v) is 11.6. The molecule has 1 aromatic carbocycles. The number of sulfonamides is 1. The third kappa shape index (κ3) is 6.96. The number of nitrogens with zero attached hydrogens (tertiary/aromatic N) is 2. The first kappa shape index (κ1) is 23.1. The Labute approximate surface area is 176 Å². The van der Waals surface area contributed by atoms with Crippen LogP contribution < -0.4 is 14.8 Å². The van der Waals surface area contributed by atoms with Crippen LogP contribution in [-0.4, -0.2) is 56.0 Å². The number of nitrogens with one attached hydrogen (secondary N) is 2. The molecule has 0 spiro atoms. The lowest BCUT2D eigenvalue weighted by atomic mass is 10.3. The van der Waals surface area contributed by atoms with Gasteiger partial charge < -0.3 is 9.47 Å². The molecule has 0 fully saturated rings. The number of benzene rings is 1. The zero-order chi connectivity index (χ0) is 21.4. The maximum absolute atomic E-state index is 12.4. The Kier molecular flexibility index (Phi) is 8.37. The Hall–Kier alpha value is -2.22. The van der Waals surface area contributed by atoms with Gasteiger partial charge in [-0.3, -0.25) is 14.9 Å². The van der Waals surface area contributed by atoms with Gasteiger partial charge in [-0.15, -0.1) is 10.2 Å². The van der Waals surface area contributed by atoms with E-state index in [2.05, 4.69) is 20.2 Å². The van der Waals surface area contributed by atoms with Crippen LogP contribution in [0.15, 0.2) is 33.5 Å². The van der Waals surface area contributed by atoms with Gasteiger partial charge in [-0.25, -0.2) is 8.42 Å². The van der Waals surface area contributed by atoms with Crippen LogP contribution in [0.2, 0.25) is 0 Å². The minimum atomic E-state index is -3.89.